The minimum atomic E-state index is -1.08. The van der Waals surface area contributed by atoms with E-state index in [4.69, 9.17) is 0 Å². The molecule has 0 radical (unpaired) electrons. The lowest BCUT2D eigenvalue weighted by atomic mass is 10.0. The Kier molecular flexibility index (Phi) is 7.28. The molecule has 9 nitrogen and oxygen atoms in total. The Morgan fingerprint density at radius 3 is 2.61 bits per heavy atom. The molecule has 1 aliphatic rings. The fourth-order valence-corrected chi connectivity index (χ4v) is 3.78. The van der Waals surface area contributed by atoms with Crippen LogP contribution in [0.1, 0.15) is 31.5 Å². The average molecular weight is 428 g/mol. The molecule has 1 saturated heterocycles. The van der Waals surface area contributed by atoms with E-state index in [0.29, 0.717) is 32.5 Å². The second-order valence-electron chi connectivity index (χ2n) is 8.21. The Bertz CT molecular complexity index is 885. The molecule has 1 aromatic heterocycles. The standard InChI is InChI=1S/C22H29N5O4/c1-15(2)10-18(21(29)30)25-22(31)27-9-8-26(13-17-12-23-14-24-17)20(28)19(27)11-16-6-4-3-5-7-16/h3-7,12,14-15,18-19H,8-11,13H2,1-2H3,(H,23,24)(H,25,31)(H,29,30)/t18-,19-/m0/s1. The van der Waals surface area contributed by atoms with E-state index in [1.165, 1.54) is 4.90 Å². The Balaban J connectivity index is 1.79. The smallest absolute Gasteiger partial charge is 0.326 e. The molecule has 1 aromatic carbocycles. The lowest BCUT2D eigenvalue weighted by molar-refractivity contribution is -0.140. The van der Waals surface area contributed by atoms with Gasteiger partial charge in [0.15, 0.2) is 0 Å². The van der Waals surface area contributed by atoms with Crippen molar-refractivity contribution in [3.63, 3.8) is 0 Å². The van der Waals surface area contributed by atoms with E-state index < -0.39 is 24.1 Å². The molecule has 0 bridgehead atoms. The van der Waals surface area contributed by atoms with E-state index in [0.717, 1.165) is 11.3 Å². The number of aromatic amines is 1. The third kappa shape index (κ3) is 5.84. The van der Waals surface area contributed by atoms with Crippen molar-refractivity contribution < 1.29 is 19.5 Å². The van der Waals surface area contributed by atoms with Gasteiger partial charge >= 0.3 is 12.0 Å². The van der Waals surface area contributed by atoms with Crippen LogP contribution < -0.4 is 5.32 Å². The van der Waals surface area contributed by atoms with Crippen LogP contribution in [0.4, 0.5) is 4.79 Å². The predicted octanol–water partition coefficient (Wildman–Crippen LogP) is 1.87. The molecule has 3 N–H and O–H groups in total. The number of hydrogen-bond donors (Lipinski definition) is 3. The number of aliphatic carboxylic acids is 1. The summed E-state index contributed by atoms with van der Waals surface area (Å²) in [6.07, 6.45) is 3.90. The first-order chi connectivity index (χ1) is 14.8. The summed E-state index contributed by atoms with van der Waals surface area (Å²) >= 11 is 0. The van der Waals surface area contributed by atoms with Gasteiger partial charge in [0.25, 0.3) is 0 Å². The number of benzene rings is 1. The topological polar surface area (TPSA) is 119 Å². The summed E-state index contributed by atoms with van der Waals surface area (Å²) in [7, 11) is 0. The van der Waals surface area contributed by atoms with Crippen LogP contribution >= 0.6 is 0 Å². The Hall–Kier alpha value is -3.36. The zero-order valence-electron chi connectivity index (χ0n) is 17.8. The van der Waals surface area contributed by atoms with Crippen LogP contribution in [0.5, 0.6) is 0 Å². The van der Waals surface area contributed by atoms with Crippen LogP contribution in [0.2, 0.25) is 0 Å². The first-order valence-electron chi connectivity index (χ1n) is 10.4. The first-order valence-corrected chi connectivity index (χ1v) is 10.4. The molecular formula is C22H29N5O4. The summed E-state index contributed by atoms with van der Waals surface area (Å²) in [5.74, 6) is -1.14. The number of H-pyrrole nitrogens is 1. The SMILES string of the molecule is CC(C)C[C@H](NC(=O)N1CCN(Cc2cnc[nH]2)C(=O)[C@@H]1Cc1ccccc1)C(=O)O. The third-order valence-corrected chi connectivity index (χ3v) is 5.34. The number of aromatic nitrogens is 2. The van der Waals surface area contributed by atoms with Crippen molar-refractivity contribution in [2.24, 2.45) is 5.92 Å². The van der Waals surface area contributed by atoms with Gasteiger partial charge in [-0.3, -0.25) is 4.79 Å². The Labute approximate surface area is 181 Å². The first kappa shape index (κ1) is 22.3. The molecule has 166 valence electrons. The van der Waals surface area contributed by atoms with Crippen molar-refractivity contribution in [3.8, 4) is 0 Å². The molecular weight excluding hydrogens is 398 g/mol. The summed E-state index contributed by atoms with van der Waals surface area (Å²) in [6, 6.07) is 7.26. The normalized spacial score (nSPS) is 17.6. The van der Waals surface area contributed by atoms with E-state index in [9.17, 15) is 19.5 Å². The largest absolute Gasteiger partial charge is 0.480 e. The number of carbonyl (C=O) groups excluding carboxylic acids is 2. The van der Waals surface area contributed by atoms with Crippen molar-refractivity contribution in [1.82, 2.24) is 25.1 Å². The summed E-state index contributed by atoms with van der Waals surface area (Å²) in [5.41, 5.74) is 1.74. The maximum absolute atomic E-state index is 13.3. The van der Waals surface area contributed by atoms with Gasteiger partial charge in [-0.25, -0.2) is 14.6 Å². The molecule has 31 heavy (non-hydrogen) atoms. The van der Waals surface area contributed by atoms with Crippen LogP contribution in [-0.2, 0) is 22.6 Å². The van der Waals surface area contributed by atoms with Crippen molar-refractivity contribution in [2.75, 3.05) is 13.1 Å². The van der Waals surface area contributed by atoms with Crippen molar-refractivity contribution in [1.29, 1.82) is 0 Å². The number of piperazine rings is 1. The molecule has 2 aromatic rings. The van der Waals surface area contributed by atoms with Gasteiger partial charge in [0.05, 0.1) is 18.6 Å². The highest BCUT2D eigenvalue weighted by molar-refractivity contribution is 5.90. The molecule has 0 unspecified atom stereocenters. The number of carbonyl (C=O) groups is 3. The number of carboxylic acid groups (broad SMARTS) is 1. The van der Waals surface area contributed by atoms with Gasteiger partial charge in [0.1, 0.15) is 12.1 Å². The maximum atomic E-state index is 13.3. The highest BCUT2D eigenvalue weighted by atomic mass is 16.4. The number of rotatable bonds is 8. The average Bonchev–Trinajstić information content (AvgIpc) is 3.24. The molecule has 0 spiro atoms. The van der Waals surface area contributed by atoms with Crippen LogP contribution in [-0.4, -0.2) is 68.0 Å². The molecule has 3 rings (SSSR count). The van der Waals surface area contributed by atoms with E-state index >= 15 is 0 Å². The Morgan fingerprint density at radius 2 is 2.00 bits per heavy atom. The van der Waals surface area contributed by atoms with E-state index in [-0.39, 0.29) is 11.8 Å². The number of amides is 3. The van der Waals surface area contributed by atoms with Gasteiger partial charge in [-0.2, -0.15) is 0 Å². The minimum absolute atomic E-state index is 0.106. The highest BCUT2D eigenvalue weighted by Crippen LogP contribution is 2.19. The van der Waals surface area contributed by atoms with Gasteiger partial charge in [-0.1, -0.05) is 44.2 Å². The van der Waals surface area contributed by atoms with Crippen LogP contribution in [0.25, 0.3) is 0 Å². The predicted molar refractivity (Wildman–Crippen MR) is 114 cm³/mol. The van der Waals surface area contributed by atoms with E-state index in [1.807, 2.05) is 44.2 Å². The van der Waals surface area contributed by atoms with Crippen molar-refractivity contribution >= 4 is 17.9 Å². The van der Waals surface area contributed by atoms with Crippen LogP contribution in [0.3, 0.4) is 0 Å². The summed E-state index contributed by atoms with van der Waals surface area (Å²) < 4.78 is 0. The zero-order valence-corrected chi connectivity index (χ0v) is 17.8. The number of nitrogens with zero attached hydrogens (tertiary/aromatic N) is 3. The quantitative estimate of drug-likeness (QED) is 0.594. The molecule has 1 aliphatic heterocycles. The maximum Gasteiger partial charge on any atom is 0.326 e. The minimum Gasteiger partial charge on any atom is -0.480 e. The molecule has 0 saturated carbocycles. The lowest BCUT2D eigenvalue weighted by Crippen LogP contribution is -2.62. The van der Waals surface area contributed by atoms with Gasteiger partial charge in [0, 0.05) is 25.7 Å². The summed E-state index contributed by atoms with van der Waals surface area (Å²) in [4.78, 5) is 48.1. The molecule has 3 amide bonds. The zero-order chi connectivity index (χ0) is 22.4. The second kappa shape index (κ2) is 10.1. The van der Waals surface area contributed by atoms with Crippen LogP contribution in [0.15, 0.2) is 42.9 Å². The monoisotopic (exact) mass is 427 g/mol. The molecule has 2 heterocycles. The van der Waals surface area contributed by atoms with Gasteiger partial charge < -0.3 is 25.2 Å². The van der Waals surface area contributed by atoms with Crippen molar-refractivity contribution in [3.05, 3.63) is 54.1 Å². The second-order valence-corrected chi connectivity index (χ2v) is 8.21. The van der Waals surface area contributed by atoms with E-state index in [2.05, 4.69) is 15.3 Å². The van der Waals surface area contributed by atoms with Gasteiger partial charge in [0.2, 0.25) is 5.91 Å². The summed E-state index contributed by atoms with van der Waals surface area (Å²) in [6.45, 7) is 4.86. The number of nitrogens with one attached hydrogen (secondary N) is 2. The van der Waals surface area contributed by atoms with Gasteiger partial charge in [-0.15, -0.1) is 0 Å². The third-order valence-electron chi connectivity index (χ3n) is 5.34. The lowest BCUT2D eigenvalue weighted by Gasteiger charge is -2.41. The highest BCUT2D eigenvalue weighted by Gasteiger charge is 2.38. The fraction of sp³-hybridized carbons (Fsp3) is 0.455. The number of hydrogen-bond acceptors (Lipinski definition) is 4. The molecule has 1 fully saturated rings. The molecule has 2 atom stereocenters. The summed E-state index contributed by atoms with van der Waals surface area (Å²) in [5, 5.41) is 12.1. The Morgan fingerprint density at radius 1 is 1.26 bits per heavy atom. The number of urea groups is 1. The van der Waals surface area contributed by atoms with Crippen LogP contribution in [0, 0.1) is 5.92 Å². The van der Waals surface area contributed by atoms with Gasteiger partial charge in [-0.05, 0) is 17.9 Å². The molecule has 9 heteroatoms. The number of imidazole rings is 1. The van der Waals surface area contributed by atoms with E-state index in [1.54, 1.807) is 17.4 Å². The molecule has 0 aliphatic carbocycles. The number of carboxylic acids is 1. The fourth-order valence-electron chi connectivity index (χ4n) is 3.78. The van der Waals surface area contributed by atoms with Crippen molar-refractivity contribution in [2.45, 2.75) is 45.3 Å².